The minimum Gasteiger partial charge on any atom is -0.130 e. The van der Waals surface area contributed by atoms with Gasteiger partial charge in [0.25, 0.3) is 5.03 Å². The van der Waals surface area contributed by atoms with Crippen molar-refractivity contribution in [2.75, 3.05) is 0 Å². The van der Waals surface area contributed by atoms with Crippen LogP contribution in [0.2, 0.25) is 0 Å². The van der Waals surface area contributed by atoms with E-state index in [0.29, 0.717) is 0 Å². The standard InChI is InChI=1S/C16H14NS2/c1-17-16(18-14-10-6-3-7-11-14)12-15(19-17)13-8-4-2-5-9-13/h2-12H,1H3/q+1. The van der Waals surface area contributed by atoms with E-state index < -0.39 is 0 Å². The smallest absolute Gasteiger partial charge is 0.130 e. The molecule has 3 aromatic rings. The molecule has 0 amide bonds. The van der Waals surface area contributed by atoms with Crippen molar-refractivity contribution in [1.82, 2.24) is 0 Å². The topological polar surface area (TPSA) is 3.88 Å². The Morgan fingerprint density at radius 1 is 0.895 bits per heavy atom. The molecule has 0 atom stereocenters. The van der Waals surface area contributed by atoms with Crippen LogP contribution in [0.5, 0.6) is 0 Å². The molecule has 0 saturated carbocycles. The number of hydrogen-bond acceptors (Lipinski definition) is 2. The highest BCUT2D eigenvalue weighted by Gasteiger charge is 2.16. The molecule has 0 aliphatic carbocycles. The van der Waals surface area contributed by atoms with Crippen LogP contribution in [0.4, 0.5) is 0 Å². The summed E-state index contributed by atoms with van der Waals surface area (Å²) in [5, 5.41) is 1.27. The summed E-state index contributed by atoms with van der Waals surface area (Å²) < 4.78 is 2.22. The lowest BCUT2D eigenvalue weighted by atomic mass is 10.2. The maximum Gasteiger partial charge on any atom is 0.259 e. The Bertz CT molecular complexity index is 660. The molecule has 1 aromatic heterocycles. The molecule has 0 aliphatic heterocycles. The fraction of sp³-hybridized carbons (Fsp3) is 0.0625. The summed E-state index contributed by atoms with van der Waals surface area (Å²) in [4.78, 5) is 2.58. The quantitative estimate of drug-likeness (QED) is 0.645. The van der Waals surface area contributed by atoms with Gasteiger partial charge in [-0.3, -0.25) is 0 Å². The molecule has 19 heavy (non-hydrogen) atoms. The van der Waals surface area contributed by atoms with Crippen LogP contribution in [0.1, 0.15) is 0 Å². The van der Waals surface area contributed by atoms with E-state index in [9.17, 15) is 0 Å². The second-order valence-corrected chi connectivity index (χ2v) is 6.48. The minimum atomic E-state index is 1.27. The van der Waals surface area contributed by atoms with Gasteiger partial charge in [-0.1, -0.05) is 48.5 Å². The lowest BCUT2D eigenvalue weighted by Gasteiger charge is -1.94. The molecule has 3 rings (SSSR count). The van der Waals surface area contributed by atoms with E-state index in [0.717, 1.165) is 0 Å². The van der Waals surface area contributed by atoms with E-state index in [1.165, 1.54) is 20.4 Å². The predicted molar refractivity (Wildman–Crippen MR) is 81.5 cm³/mol. The van der Waals surface area contributed by atoms with Gasteiger partial charge in [-0.25, -0.2) is 0 Å². The molecule has 0 aliphatic rings. The van der Waals surface area contributed by atoms with E-state index in [2.05, 4.69) is 71.7 Å². The Balaban J connectivity index is 1.90. The zero-order valence-electron chi connectivity index (χ0n) is 10.6. The average molecular weight is 284 g/mol. The van der Waals surface area contributed by atoms with Gasteiger partial charge in [-0.2, -0.15) is 0 Å². The first-order valence-corrected chi connectivity index (χ1v) is 7.70. The number of aryl methyl sites for hydroxylation is 1. The van der Waals surface area contributed by atoms with Gasteiger partial charge < -0.3 is 0 Å². The van der Waals surface area contributed by atoms with Gasteiger partial charge in [0.2, 0.25) is 0 Å². The Hall–Kier alpha value is -1.58. The summed E-state index contributed by atoms with van der Waals surface area (Å²) in [6.45, 7) is 0. The average Bonchev–Trinajstić information content (AvgIpc) is 2.82. The molecule has 0 saturated heterocycles. The Morgan fingerprint density at radius 2 is 1.53 bits per heavy atom. The zero-order valence-corrected chi connectivity index (χ0v) is 12.2. The first-order valence-electron chi connectivity index (χ1n) is 6.11. The van der Waals surface area contributed by atoms with Gasteiger partial charge in [0.15, 0.2) is 7.05 Å². The Morgan fingerprint density at radius 3 is 2.21 bits per heavy atom. The molecule has 0 spiro atoms. The van der Waals surface area contributed by atoms with E-state index >= 15 is 0 Å². The van der Waals surface area contributed by atoms with Gasteiger partial charge in [-0.05, 0) is 29.5 Å². The van der Waals surface area contributed by atoms with Crippen molar-refractivity contribution in [1.29, 1.82) is 0 Å². The van der Waals surface area contributed by atoms with Crippen molar-refractivity contribution in [3.05, 3.63) is 66.7 Å². The van der Waals surface area contributed by atoms with E-state index in [-0.39, 0.29) is 0 Å². The van der Waals surface area contributed by atoms with Crippen molar-refractivity contribution in [3.8, 4) is 10.4 Å². The van der Waals surface area contributed by atoms with Crippen molar-refractivity contribution < 1.29 is 3.96 Å². The molecule has 2 aromatic carbocycles. The summed E-state index contributed by atoms with van der Waals surface area (Å²) in [7, 11) is 2.11. The molecule has 0 bridgehead atoms. The third-order valence-corrected chi connectivity index (χ3v) is 5.07. The van der Waals surface area contributed by atoms with Crippen molar-refractivity contribution >= 4 is 23.3 Å². The molecule has 0 unspecified atom stereocenters. The molecule has 3 heteroatoms. The third-order valence-electron chi connectivity index (χ3n) is 2.82. The maximum absolute atomic E-state index is 2.26. The highest BCUT2D eigenvalue weighted by molar-refractivity contribution is 7.99. The van der Waals surface area contributed by atoms with Crippen LogP contribution in [0.15, 0.2) is 76.7 Å². The number of aromatic nitrogens is 1. The first-order chi connectivity index (χ1) is 9.33. The molecule has 1 nitrogen and oxygen atoms in total. The van der Waals surface area contributed by atoms with Crippen molar-refractivity contribution in [2.45, 2.75) is 9.92 Å². The van der Waals surface area contributed by atoms with Gasteiger partial charge in [0.1, 0.15) is 16.4 Å². The Labute approximate surface area is 121 Å². The summed E-state index contributed by atoms with van der Waals surface area (Å²) >= 11 is 3.59. The highest BCUT2D eigenvalue weighted by atomic mass is 32.2. The van der Waals surface area contributed by atoms with Crippen LogP contribution < -0.4 is 3.96 Å². The van der Waals surface area contributed by atoms with Gasteiger partial charge >= 0.3 is 0 Å². The second kappa shape index (κ2) is 5.59. The van der Waals surface area contributed by atoms with Crippen LogP contribution in [0.25, 0.3) is 10.4 Å². The normalized spacial score (nSPS) is 10.6. The van der Waals surface area contributed by atoms with Crippen LogP contribution in [-0.4, -0.2) is 0 Å². The van der Waals surface area contributed by atoms with Gasteiger partial charge in [0, 0.05) is 11.0 Å². The molecule has 1 heterocycles. The van der Waals surface area contributed by atoms with Crippen molar-refractivity contribution in [2.24, 2.45) is 7.05 Å². The second-order valence-electron chi connectivity index (χ2n) is 4.22. The fourth-order valence-corrected chi connectivity index (χ4v) is 3.85. The molecule has 94 valence electrons. The van der Waals surface area contributed by atoms with Gasteiger partial charge in [0.05, 0.1) is 0 Å². The van der Waals surface area contributed by atoms with E-state index in [4.69, 9.17) is 0 Å². The summed E-state index contributed by atoms with van der Waals surface area (Å²) in [5.41, 5.74) is 1.28. The molecule has 0 N–H and O–H groups in total. The lowest BCUT2D eigenvalue weighted by molar-refractivity contribution is -0.640. The van der Waals surface area contributed by atoms with Crippen LogP contribution in [0.3, 0.4) is 0 Å². The predicted octanol–water partition coefficient (Wildman–Crippen LogP) is 4.39. The lowest BCUT2D eigenvalue weighted by Crippen LogP contribution is -2.23. The van der Waals surface area contributed by atoms with Crippen LogP contribution >= 0.6 is 23.3 Å². The first kappa shape index (κ1) is 12.5. The number of benzene rings is 2. The molecular formula is C16H14NS2+. The van der Waals surface area contributed by atoms with E-state index in [1.807, 2.05) is 6.07 Å². The summed E-state index contributed by atoms with van der Waals surface area (Å²) in [6, 6.07) is 23.3. The Kier molecular flexibility index (Phi) is 3.67. The van der Waals surface area contributed by atoms with Crippen molar-refractivity contribution in [3.63, 3.8) is 0 Å². The maximum atomic E-state index is 2.26. The van der Waals surface area contributed by atoms with Crippen LogP contribution in [-0.2, 0) is 7.05 Å². The molecule has 0 fully saturated rings. The molecule has 0 radical (unpaired) electrons. The third kappa shape index (κ3) is 2.88. The fourth-order valence-electron chi connectivity index (χ4n) is 1.86. The SMILES string of the molecule is C[n+]1sc(-c2ccccc2)cc1Sc1ccccc1. The molecular weight excluding hydrogens is 270 g/mol. The summed E-state index contributed by atoms with van der Waals surface area (Å²) in [5.74, 6) is 0. The zero-order chi connectivity index (χ0) is 13.1. The van der Waals surface area contributed by atoms with E-state index in [1.54, 1.807) is 23.3 Å². The van der Waals surface area contributed by atoms with Crippen LogP contribution in [0, 0.1) is 0 Å². The van der Waals surface area contributed by atoms with Gasteiger partial charge in [-0.15, -0.1) is 3.96 Å². The summed E-state index contributed by atoms with van der Waals surface area (Å²) in [6.07, 6.45) is 0. The highest BCUT2D eigenvalue weighted by Crippen LogP contribution is 2.31. The minimum absolute atomic E-state index is 1.27. The number of nitrogens with zero attached hydrogens (tertiary/aromatic N) is 1. The number of rotatable bonds is 3. The largest absolute Gasteiger partial charge is 0.259 e. The number of hydrogen-bond donors (Lipinski definition) is 0. The monoisotopic (exact) mass is 284 g/mol.